The van der Waals surface area contributed by atoms with Crippen molar-refractivity contribution < 1.29 is 27.1 Å². The van der Waals surface area contributed by atoms with E-state index in [1.54, 1.807) is 36.9 Å². The third kappa shape index (κ3) is 4.54. The van der Waals surface area contributed by atoms with Crippen molar-refractivity contribution in [1.82, 2.24) is 0 Å². The van der Waals surface area contributed by atoms with E-state index in [1.165, 1.54) is 17.9 Å². The van der Waals surface area contributed by atoms with Crippen LogP contribution in [0.15, 0.2) is 41.3 Å². The number of carbonyl (C=O) groups excluding carboxylic acids is 2. The summed E-state index contributed by atoms with van der Waals surface area (Å²) in [5, 5.41) is 5.02. The van der Waals surface area contributed by atoms with Crippen molar-refractivity contribution in [2.45, 2.75) is 44.7 Å². The molecule has 2 aromatic rings. The normalized spacial score (nSPS) is 16.3. The highest BCUT2D eigenvalue weighted by Crippen LogP contribution is 2.39. The predicted molar refractivity (Wildman–Crippen MR) is 115 cm³/mol. The Hall–Kier alpha value is -2.98. The van der Waals surface area contributed by atoms with E-state index in [-0.39, 0.29) is 24.6 Å². The summed E-state index contributed by atoms with van der Waals surface area (Å²) in [4.78, 5) is 27.4. The summed E-state index contributed by atoms with van der Waals surface area (Å²) in [6.45, 7) is 6.97. The van der Waals surface area contributed by atoms with E-state index in [1.807, 2.05) is 6.92 Å². The summed E-state index contributed by atoms with van der Waals surface area (Å²) in [7, 11) is -4.19. The number of primary sulfonamides is 1. The van der Waals surface area contributed by atoms with Crippen LogP contribution in [0.4, 0.5) is 20.6 Å². The van der Waals surface area contributed by atoms with Crippen molar-refractivity contribution in [3.8, 4) is 11.1 Å². The zero-order valence-corrected chi connectivity index (χ0v) is 18.4. The van der Waals surface area contributed by atoms with Crippen LogP contribution in [0.1, 0.15) is 27.7 Å². The molecule has 2 N–H and O–H groups in total. The predicted octanol–water partition coefficient (Wildman–Crippen LogP) is 3.25. The lowest BCUT2D eigenvalue weighted by molar-refractivity contribution is -0.117. The zero-order valence-electron chi connectivity index (χ0n) is 17.6. The van der Waals surface area contributed by atoms with Crippen molar-refractivity contribution >= 4 is 33.4 Å². The third-order valence-electron chi connectivity index (χ3n) is 4.88. The monoisotopic (exact) mass is 449 g/mol. The lowest BCUT2D eigenvalue weighted by Gasteiger charge is -2.40. The molecule has 0 bridgehead atoms. The molecule has 31 heavy (non-hydrogen) atoms. The molecule has 0 saturated carbocycles. The summed E-state index contributed by atoms with van der Waals surface area (Å²) in [6.07, 6.45) is -0.890. The van der Waals surface area contributed by atoms with Crippen molar-refractivity contribution in [2.75, 3.05) is 16.3 Å². The van der Waals surface area contributed by atoms with Gasteiger partial charge in [0.1, 0.15) is 10.7 Å². The van der Waals surface area contributed by atoms with Gasteiger partial charge in [0.2, 0.25) is 15.9 Å². The highest BCUT2D eigenvalue weighted by Gasteiger charge is 2.35. The average Bonchev–Trinajstić information content (AvgIpc) is 2.64. The Balaban J connectivity index is 2.12. The molecule has 166 valence electrons. The molecule has 10 heteroatoms. The minimum atomic E-state index is -4.19. The van der Waals surface area contributed by atoms with E-state index in [4.69, 9.17) is 9.88 Å². The number of nitrogens with zero attached hydrogens (tertiary/aromatic N) is 2. The van der Waals surface area contributed by atoms with Gasteiger partial charge in [0, 0.05) is 13.5 Å². The van der Waals surface area contributed by atoms with Gasteiger partial charge in [-0.2, -0.15) is 0 Å². The first-order valence-electron chi connectivity index (χ1n) is 9.65. The molecule has 0 radical (unpaired) electrons. The molecule has 0 spiro atoms. The second-order valence-corrected chi connectivity index (χ2v) is 9.20. The van der Waals surface area contributed by atoms with Gasteiger partial charge in [-0.3, -0.25) is 9.69 Å². The van der Waals surface area contributed by atoms with E-state index in [2.05, 4.69) is 0 Å². The largest absolute Gasteiger partial charge is 0.446 e. The Morgan fingerprint density at radius 3 is 2.29 bits per heavy atom. The number of ether oxygens (including phenoxy) is 1. The first-order valence-corrected chi connectivity index (χ1v) is 11.2. The highest BCUT2D eigenvalue weighted by atomic mass is 32.2. The summed E-state index contributed by atoms with van der Waals surface area (Å²) < 4.78 is 42.6. The quantitative estimate of drug-likeness (QED) is 0.774. The van der Waals surface area contributed by atoms with Crippen LogP contribution in [-0.4, -0.2) is 39.1 Å². The van der Waals surface area contributed by atoms with E-state index >= 15 is 0 Å². The summed E-state index contributed by atoms with van der Waals surface area (Å²) in [6, 6.07) is 8.29. The summed E-state index contributed by atoms with van der Waals surface area (Å²) >= 11 is 0. The second kappa shape index (κ2) is 8.27. The first-order chi connectivity index (χ1) is 14.4. The molecule has 2 amide bonds. The number of rotatable bonds is 3. The number of carbonyl (C=O) groups is 2. The van der Waals surface area contributed by atoms with E-state index in [0.29, 0.717) is 22.5 Å². The average molecular weight is 450 g/mol. The molecule has 1 aliphatic rings. The van der Waals surface area contributed by atoms with Crippen molar-refractivity contribution in [3.05, 3.63) is 42.2 Å². The molecule has 8 nitrogen and oxygen atoms in total. The Bertz CT molecular complexity index is 1150. The number of halogens is 1. The van der Waals surface area contributed by atoms with Crippen LogP contribution in [0.5, 0.6) is 0 Å². The molecule has 1 heterocycles. The number of nitrogens with two attached hydrogens (primary N) is 1. The van der Waals surface area contributed by atoms with Crippen LogP contribution in [0.2, 0.25) is 0 Å². The molecular weight excluding hydrogens is 425 g/mol. The van der Waals surface area contributed by atoms with Gasteiger partial charge in [-0.15, -0.1) is 0 Å². The first kappa shape index (κ1) is 22.7. The summed E-state index contributed by atoms with van der Waals surface area (Å²) in [5.41, 5.74) is 1.88. The van der Waals surface area contributed by atoms with Crippen LogP contribution in [0.25, 0.3) is 11.1 Å². The fourth-order valence-corrected chi connectivity index (χ4v) is 4.22. The second-order valence-electron chi connectivity index (χ2n) is 7.67. The van der Waals surface area contributed by atoms with E-state index in [9.17, 15) is 22.4 Å². The number of amides is 2. The van der Waals surface area contributed by atoms with Crippen molar-refractivity contribution in [2.24, 2.45) is 5.14 Å². The van der Waals surface area contributed by atoms with Crippen LogP contribution in [0.3, 0.4) is 0 Å². The topological polar surface area (TPSA) is 110 Å². The van der Waals surface area contributed by atoms with Gasteiger partial charge in [-0.05, 0) is 56.2 Å². The number of hydrogen-bond donors (Lipinski definition) is 1. The maximum atomic E-state index is 14.3. The summed E-state index contributed by atoms with van der Waals surface area (Å²) in [5.74, 6) is -1.16. The molecule has 0 aliphatic carbocycles. The minimum absolute atomic E-state index is 0.179. The number of anilines is 2. The lowest BCUT2D eigenvalue weighted by atomic mass is 10.0. The zero-order chi connectivity index (χ0) is 23.1. The van der Waals surface area contributed by atoms with Gasteiger partial charge < -0.3 is 9.64 Å². The number of fused-ring (bicyclic) bond motifs is 1. The Morgan fingerprint density at radius 2 is 1.74 bits per heavy atom. The number of hydrogen-bond acceptors (Lipinski definition) is 5. The Morgan fingerprint density at radius 1 is 1.13 bits per heavy atom. The van der Waals surface area contributed by atoms with Crippen LogP contribution < -0.4 is 14.9 Å². The Labute approximate surface area is 180 Å². The lowest BCUT2D eigenvalue weighted by Crippen LogP contribution is -2.51. The van der Waals surface area contributed by atoms with Crippen LogP contribution in [0, 0.1) is 5.82 Å². The molecule has 0 aromatic heterocycles. The minimum Gasteiger partial charge on any atom is -0.446 e. The van der Waals surface area contributed by atoms with E-state index < -0.39 is 26.8 Å². The standard InChI is InChI=1S/C21H24FN3O5S/c1-12(2)30-21(27)24-11-13(3)25(14(4)26)18-7-5-16(10-19(18)24)15-6-8-20(17(22)9-15)31(23,28)29/h5-10,12-13H,11H2,1-4H3,(H2,23,28,29). The molecule has 1 atom stereocenters. The fourth-order valence-electron chi connectivity index (χ4n) is 3.63. The van der Waals surface area contributed by atoms with E-state index in [0.717, 1.165) is 12.1 Å². The van der Waals surface area contributed by atoms with Gasteiger partial charge in [0.05, 0.1) is 23.5 Å². The van der Waals surface area contributed by atoms with Gasteiger partial charge in [-0.25, -0.2) is 22.7 Å². The molecule has 3 rings (SSSR count). The SMILES string of the molecule is CC(=O)N1c2ccc(-c3ccc(S(N)(=O)=O)c(F)c3)cc2N(C(=O)OC(C)C)CC1C. The molecule has 0 fully saturated rings. The maximum absolute atomic E-state index is 14.3. The fraction of sp³-hybridized carbons (Fsp3) is 0.333. The smallest absolute Gasteiger partial charge is 0.414 e. The molecule has 2 aromatic carbocycles. The maximum Gasteiger partial charge on any atom is 0.414 e. The molecule has 1 aliphatic heterocycles. The van der Waals surface area contributed by atoms with Gasteiger partial charge in [0.25, 0.3) is 0 Å². The Kier molecular flexibility index (Phi) is 6.06. The number of sulfonamides is 1. The van der Waals surface area contributed by atoms with Crippen molar-refractivity contribution in [1.29, 1.82) is 0 Å². The molecule has 0 saturated heterocycles. The van der Waals surface area contributed by atoms with Gasteiger partial charge in [0.15, 0.2) is 0 Å². The third-order valence-corrected chi connectivity index (χ3v) is 5.83. The van der Waals surface area contributed by atoms with Crippen LogP contribution in [-0.2, 0) is 19.6 Å². The van der Waals surface area contributed by atoms with Gasteiger partial charge >= 0.3 is 6.09 Å². The molecule has 1 unspecified atom stereocenters. The van der Waals surface area contributed by atoms with Crippen molar-refractivity contribution in [3.63, 3.8) is 0 Å². The van der Waals surface area contributed by atoms with Gasteiger partial charge in [-0.1, -0.05) is 12.1 Å². The molecular formula is C21H24FN3O5S. The van der Waals surface area contributed by atoms with Crippen LogP contribution >= 0.6 is 0 Å². The number of benzene rings is 2. The highest BCUT2D eigenvalue weighted by molar-refractivity contribution is 7.89.